The van der Waals surface area contributed by atoms with E-state index in [4.69, 9.17) is 0 Å². The third kappa shape index (κ3) is 6.87. The molecule has 0 aliphatic carbocycles. The van der Waals surface area contributed by atoms with Crippen molar-refractivity contribution in [3.8, 4) is 0 Å². The molecule has 0 radical (unpaired) electrons. The molecule has 0 bridgehead atoms. The molecule has 0 saturated heterocycles. The van der Waals surface area contributed by atoms with Gasteiger partial charge in [0.1, 0.15) is 0 Å². The van der Waals surface area contributed by atoms with Gasteiger partial charge in [0.25, 0.3) is 0 Å². The topological polar surface area (TPSA) is 0 Å². The van der Waals surface area contributed by atoms with Crippen molar-refractivity contribution >= 4 is 0 Å². The predicted molar refractivity (Wildman–Crippen MR) is 33.4 cm³/mol. The van der Waals surface area contributed by atoms with Gasteiger partial charge in [-0.05, 0) is 6.92 Å². The van der Waals surface area contributed by atoms with E-state index in [1.54, 1.807) is 0 Å². The van der Waals surface area contributed by atoms with Gasteiger partial charge in [-0.1, -0.05) is 35.9 Å². The van der Waals surface area contributed by atoms with Gasteiger partial charge >= 0.3 is 103 Å². The van der Waals surface area contributed by atoms with E-state index in [1.807, 2.05) is 18.2 Å². The Morgan fingerprint density at radius 1 is 1.00 bits per heavy atom. The summed E-state index contributed by atoms with van der Waals surface area (Å²) in [5, 5.41) is 0. The zero-order chi connectivity index (χ0) is 5.11. The Morgan fingerprint density at radius 3 is 1.67 bits per heavy atom. The summed E-state index contributed by atoms with van der Waals surface area (Å²) in [7, 11) is 0. The van der Waals surface area contributed by atoms with Crippen LogP contribution >= 0.6 is 0 Å². The fourth-order valence-corrected chi connectivity index (χ4v) is 0.534. The Bertz CT molecular complexity index is 144. The zero-order valence-corrected chi connectivity index (χ0v) is 12.6. The molecule has 0 spiro atoms. The Kier molecular flexibility index (Phi) is 13.4. The number of rotatable bonds is 0. The van der Waals surface area contributed by atoms with Crippen LogP contribution in [0.3, 0.4) is 0 Å². The summed E-state index contributed by atoms with van der Waals surface area (Å²) in [6, 6.07) is 10.3. The summed E-state index contributed by atoms with van der Waals surface area (Å²) >= 11 is 0. The van der Waals surface area contributed by atoms with Crippen molar-refractivity contribution in [3.05, 3.63) is 35.9 Å². The smallest absolute Gasteiger partial charge is 1.00 e. The first kappa shape index (κ1) is 14.0. The van der Waals surface area contributed by atoms with Gasteiger partial charge in [-0.25, -0.2) is 0 Å². The third-order valence-electron chi connectivity index (χ3n) is 0.940. The molecular formula is C7H10K2. The van der Waals surface area contributed by atoms with E-state index in [-0.39, 0.29) is 106 Å². The Labute approximate surface area is 145 Å². The quantitative estimate of drug-likeness (QED) is 0.353. The van der Waals surface area contributed by atoms with Crippen LogP contribution in [0, 0.1) is 6.92 Å². The average Bonchev–Trinajstić information content (AvgIpc) is 1.69. The van der Waals surface area contributed by atoms with E-state index in [0.29, 0.717) is 0 Å². The Hall–Kier alpha value is 2.49. The molecule has 0 fully saturated rings. The van der Waals surface area contributed by atoms with Crippen LogP contribution < -0.4 is 103 Å². The third-order valence-corrected chi connectivity index (χ3v) is 0.940. The summed E-state index contributed by atoms with van der Waals surface area (Å²) in [4.78, 5) is 0. The number of hydrogen-bond acceptors (Lipinski definition) is 0. The molecular weight excluding hydrogens is 162 g/mol. The minimum absolute atomic E-state index is 0. The van der Waals surface area contributed by atoms with Crippen LogP contribution in [0.15, 0.2) is 30.3 Å². The van der Waals surface area contributed by atoms with Crippen LogP contribution in [0.4, 0.5) is 0 Å². The molecule has 0 aliphatic heterocycles. The molecule has 0 saturated carbocycles. The van der Waals surface area contributed by atoms with Crippen LogP contribution in [-0.2, 0) is 0 Å². The SMILES string of the molecule is Cc1ccccc1.[H-].[H-].[K+].[K+]. The first-order valence-corrected chi connectivity index (χ1v) is 2.41. The monoisotopic (exact) mass is 172 g/mol. The van der Waals surface area contributed by atoms with Crippen molar-refractivity contribution < 1.29 is 106 Å². The molecule has 0 nitrogen and oxygen atoms in total. The van der Waals surface area contributed by atoms with Crippen LogP contribution in [0.25, 0.3) is 0 Å². The molecule has 2 heteroatoms. The van der Waals surface area contributed by atoms with Crippen molar-refractivity contribution in [2.24, 2.45) is 0 Å². The van der Waals surface area contributed by atoms with Crippen molar-refractivity contribution in [2.45, 2.75) is 6.92 Å². The normalized spacial score (nSPS) is 6.78. The number of hydrogen-bond donors (Lipinski definition) is 0. The van der Waals surface area contributed by atoms with Crippen molar-refractivity contribution in [1.29, 1.82) is 0 Å². The van der Waals surface area contributed by atoms with Crippen LogP contribution in [0.2, 0.25) is 0 Å². The maximum absolute atomic E-state index is 2.08. The largest absolute Gasteiger partial charge is 1.00 e. The molecule has 0 heterocycles. The van der Waals surface area contributed by atoms with Gasteiger partial charge in [0, 0.05) is 0 Å². The van der Waals surface area contributed by atoms with Crippen LogP contribution in [-0.4, -0.2) is 0 Å². The summed E-state index contributed by atoms with van der Waals surface area (Å²) in [5.41, 5.74) is 1.32. The maximum Gasteiger partial charge on any atom is 1.00 e. The minimum atomic E-state index is 0. The van der Waals surface area contributed by atoms with E-state index >= 15 is 0 Å². The average molecular weight is 172 g/mol. The standard InChI is InChI=1S/C7H8.2K.2H/c1-7-5-3-2-4-6-7;;;;/h2-6H,1H3;;;;/q;2*+1;2*-1. The molecule has 1 rings (SSSR count). The maximum atomic E-state index is 2.08. The van der Waals surface area contributed by atoms with E-state index < -0.39 is 0 Å². The van der Waals surface area contributed by atoms with E-state index in [1.165, 1.54) is 5.56 Å². The minimum Gasteiger partial charge on any atom is -1.00 e. The van der Waals surface area contributed by atoms with E-state index in [9.17, 15) is 0 Å². The van der Waals surface area contributed by atoms with Gasteiger partial charge in [-0.3, -0.25) is 0 Å². The van der Waals surface area contributed by atoms with Gasteiger partial charge in [-0.15, -0.1) is 0 Å². The molecule has 1 aromatic carbocycles. The van der Waals surface area contributed by atoms with Crippen LogP contribution in [0.5, 0.6) is 0 Å². The second-order valence-electron chi connectivity index (χ2n) is 1.65. The first-order chi connectivity index (χ1) is 3.39. The van der Waals surface area contributed by atoms with Crippen molar-refractivity contribution in [2.75, 3.05) is 0 Å². The fraction of sp³-hybridized carbons (Fsp3) is 0.143. The molecule has 40 valence electrons. The molecule has 0 atom stereocenters. The van der Waals surface area contributed by atoms with Crippen molar-refractivity contribution in [3.63, 3.8) is 0 Å². The molecule has 0 aliphatic rings. The van der Waals surface area contributed by atoms with E-state index in [2.05, 4.69) is 19.1 Å². The summed E-state index contributed by atoms with van der Waals surface area (Å²) in [6.07, 6.45) is 0. The second kappa shape index (κ2) is 8.59. The molecule has 0 unspecified atom stereocenters. The molecule has 0 N–H and O–H groups in total. The Balaban J connectivity index is -0.0000000612. The first-order valence-electron chi connectivity index (χ1n) is 2.41. The van der Waals surface area contributed by atoms with Gasteiger partial charge < -0.3 is 2.85 Å². The molecule has 9 heavy (non-hydrogen) atoms. The van der Waals surface area contributed by atoms with Gasteiger partial charge in [-0.2, -0.15) is 0 Å². The van der Waals surface area contributed by atoms with Gasteiger partial charge in [0.15, 0.2) is 0 Å². The molecule has 0 amide bonds. The second-order valence-corrected chi connectivity index (χ2v) is 1.65. The predicted octanol–water partition coefficient (Wildman–Crippen LogP) is -3.77. The number of aryl methyl sites for hydroxylation is 1. The Morgan fingerprint density at radius 2 is 1.44 bits per heavy atom. The van der Waals surface area contributed by atoms with E-state index in [0.717, 1.165) is 0 Å². The summed E-state index contributed by atoms with van der Waals surface area (Å²) in [5.74, 6) is 0. The fourth-order valence-electron chi connectivity index (χ4n) is 0.534. The molecule has 0 aromatic heterocycles. The summed E-state index contributed by atoms with van der Waals surface area (Å²) < 4.78 is 0. The number of benzene rings is 1. The van der Waals surface area contributed by atoms with Crippen molar-refractivity contribution in [1.82, 2.24) is 0 Å². The van der Waals surface area contributed by atoms with Gasteiger partial charge in [0.05, 0.1) is 0 Å². The zero-order valence-electron chi connectivity index (χ0n) is 8.39. The van der Waals surface area contributed by atoms with Gasteiger partial charge in [0.2, 0.25) is 0 Å². The molecule has 1 aromatic rings. The summed E-state index contributed by atoms with van der Waals surface area (Å²) in [6.45, 7) is 2.08. The van der Waals surface area contributed by atoms with Crippen LogP contribution in [0.1, 0.15) is 8.42 Å².